The van der Waals surface area contributed by atoms with Crippen molar-refractivity contribution in [3.63, 3.8) is 0 Å². The molecule has 0 saturated carbocycles. The first kappa shape index (κ1) is 17.3. The predicted molar refractivity (Wildman–Crippen MR) is 98.0 cm³/mol. The Bertz CT molecular complexity index is 983. The van der Waals surface area contributed by atoms with Crippen molar-refractivity contribution in [2.24, 2.45) is 0 Å². The van der Waals surface area contributed by atoms with Crippen molar-refractivity contribution in [1.29, 1.82) is 0 Å². The van der Waals surface area contributed by atoms with Crippen LogP contribution < -0.4 is 4.74 Å². The van der Waals surface area contributed by atoms with E-state index in [1.165, 1.54) is 6.07 Å². The van der Waals surface area contributed by atoms with E-state index in [9.17, 15) is 9.18 Å². The molecule has 1 amide bonds. The molecule has 0 unspecified atom stereocenters. The Morgan fingerprint density at radius 2 is 2.00 bits per heavy atom. The van der Waals surface area contributed by atoms with E-state index in [2.05, 4.69) is 5.16 Å². The monoisotopic (exact) mass is 366 g/mol. The molecule has 3 aromatic rings. The molecule has 27 heavy (non-hydrogen) atoms. The van der Waals surface area contributed by atoms with Crippen LogP contribution in [0.25, 0.3) is 11.3 Å². The summed E-state index contributed by atoms with van der Waals surface area (Å²) in [6.07, 6.45) is 0.541. The minimum Gasteiger partial charge on any atom is -0.493 e. The lowest BCUT2D eigenvalue weighted by atomic mass is 10.0. The molecule has 0 aliphatic carbocycles. The maximum atomic E-state index is 14.2. The number of carbonyl (C=O) groups excluding carboxylic acids is 1. The molecule has 0 bridgehead atoms. The van der Waals surface area contributed by atoms with E-state index in [4.69, 9.17) is 9.26 Å². The number of nitrogens with zero attached hydrogens (tertiary/aromatic N) is 2. The molecule has 0 atom stereocenters. The second kappa shape index (κ2) is 7.23. The molecule has 4 rings (SSSR count). The van der Waals surface area contributed by atoms with E-state index in [0.29, 0.717) is 54.4 Å². The van der Waals surface area contributed by atoms with Gasteiger partial charge in [-0.2, -0.15) is 0 Å². The number of hydrogen-bond donors (Lipinski definition) is 0. The zero-order valence-corrected chi connectivity index (χ0v) is 14.9. The number of para-hydroxylation sites is 1. The van der Waals surface area contributed by atoms with Crippen LogP contribution in [0.15, 0.2) is 53.1 Å². The maximum absolute atomic E-state index is 14.2. The first-order chi connectivity index (χ1) is 13.2. The summed E-state index contributed by atoms with van der Waals surface area (Å²) < 4.78 is 25.2. The quantitative estimate of drug-likeness (QED) is 0.698. The highest BCUT2D eigenvalue weighted by molar-refractivity contribution is 5.97. The molecule has 0 spiro atoms. The van der Waals surface area contributed by atoms with Crippen LogP contribution in [-0.4, -0.2) is 29.1 Å². The van der Waals surface area contributed by atoms with Gasteiger partial charge in [0.05, 0.1) is 18.7 Å². The Hall–Kier alpha value is -3.15. The van der Waals surface area contributed by atoms with Gasteiger partial charge in [0, 0.05) is 24.1 Å². The van der Waals surface area contributed by atoms with Gasteiger partial charge in [0.1, 0.15) is 23.0 Å². The highest BCUT2D eigenvalue weighted by Crippen LogP contribution is 2.32. The van der Waals surface area contributed by atoms with Crippen LogP contribution >= 0.6 is 0 Å². The van der Waals surface area contributed by atoms with Crippen LogP contribution in [0.1, 0.15) is 28.6 Å². The van der Waals surface area contributed by atoms with Gasteiger partial charge >= 0.3 is 0 Å². The van der Waals surface area contributed by atoms with E-state index in [1.807, 2.05) is 19.1 Å². The average Bonchev–Trinajstić information content (AvgIpc) is 3.11. The van der Waals surface area contributed by atoms with Crippen molar-refractivity contribution in [1.82, 2.24) is 10.1 Å². The molecule has 0 fully saturated rings. The Labute approximate surface area is 156 Å². The summed E-state index contributed by atoms with van der Waals surface area (Å²) in [5, 5.41) is 4.06. The van der Waals surface area contributed by atoms with Crippen LogP contribution in [-0.2, 0) is 13.0 Å². The fourth-order valence-electron chi connectivity index (χ4n) is 3.34. The smallest absolute Gasteiger partial charge is 0.257 e. The largest absolute Gasteiger partial charge is 0.493 e. The van der Waals surface area contributed by atoms with Crippen molar-refractivity contribution in [2.75, 3.05) is 13.2 Å². The molecule has 138 valence electrons. The summed E-state index contributed by atoms with van der Waals surface area (Å²) in [5.41, 5.74) is 2.12. The summed E-state index contributed by atoms with van der Waals surface area (Å²) in [4.78, 5) is 14.8. The Morgan fingerprint density at radius 3 is 2.81 bits per heavy atom. The van der Waals surface area contributed by atoms with Gasteiger partial charge in [-0.15, -0.1) is 0 Å². The highest BCUT2D eigenvalue weighted by Gasteiger charge is 2.29. The number of hydrogen-bond acceptors (Lipinski definition) is 4. The van der Waals surface area contributed by atoms with Gasteiger partial charge in [-0.05, 0) is 31.2 Å². The topological polar surface area (TPSA) is 55.6 Å². The molecule has 0 radical (unpaired) electrons. The zero-order valence-electron chi connectivity index (χ0n) is 14.9. The molecule has 1 aromatic heterocycles. The Balaban J connectivity index is 1.65. The van der Waals surface area contributed by atoms with E-state index >= 15 is 0 Å². The number of aromatic nitrogens is 1. The molecule has 6 heteroatoms. The Morgan fingerprint density at radius 1 is 1.22 bits per heavy atom. The number of halogens is 1. The second-order valence-corrected chi connectivity index (χ2v) is 6.32. The fourth-order valence-corrected chi connectivity index (χ4v) is 3.34. The van der Waals surface area contributed by atoms with Crippen LogP contribution in [0.2, 0.25) is 0 Å². The number of ether oxygens (including phenoxy) is 1. The summed E-state index contributed by atoms with van der Waals surface area (Å²) in [7, 11) is 0. The number of benzene rings is 2. The Kier molecular flexibility index (Phi) is 4.62. The summed E-state index contributed by atoms with van der Waals surface area (Å²) in [5.74, 6) is 0.787. The number of rotatable bonds is 4. The summed E-state index contributed by atoms with van der Waals surface area (Å²) >= 11 is 0. The van der Waals surface area contributed by atoms with Crippen molar-refractivity contribution >= 4 is 5.91 Å². The van der Waals surface area contributed by atoms with Crippen LogP contribution in [0.5, 0.6) is 5.75 Å². The lowest BCUT2D eigenvalue weighted by molar-refractivity contribution is 0.0725. The van der Waals surface area contributed by atoms with E-state index in [-0.39, 0.29) is 11.7 Å². The van der Waals surface area contributed by atoms with Crippen molar-refractivity contribution < 1.29 is 18.4 Å². The summed E-state index contributed by atoms with van der Waals surface area (Å²) in [6, 6.07) is 13.6. The molecular weight excluding hydrogens is 347 g/mol. The van der Waals surface area contributed by atoms with E-state index < -0.39 is 0 Å². The zero-order chi connectivity index (χ0) is 18.8. The van der Waals surface area contributed by atoms with Crippen LogP contribution in [0.3, 0.4) is 0 Å². The first-order valence-electron chi connectivity index (χ1n) is 8.92. The average molecular weight is 366 g/mol. The molecule has 0 N–H and O–H groups in total. The van der Waals surface area contributed by atoms with E-state index in [1.54, 1.807) is 35.2 Å². The molecule has 1 aliphatic rings. The maximum Gasteiger partial charge on any atom is 0.257 e. The lowest BCUT2D eigenvalue weighted by Crippen LogP contribution is -2.36. The molecule has 1 aliphatic heterocycles. The SMILES string of the molecule is CCOc1ccccc1C(=O)N1CCc2onc(-c3ccccc3F)c2C1. The molecular formula is C21H19FN2O3. The van der Waals surface area contributed by atoms with Crippen LogP contribution in [0.4, 0.5) is 4.39 Å². The summed E-state index contributed by atoms with van der Waals surface area (Å²) in [6.45, 7) is 3.20. The third-order valence-corrected chi connectivity index (χ3v) is 4.66. The molecule has 5 nitrogen and oxygen atoms in total. The third kappa shape index (κ3) is 3.18. The van der Waals surface area contributed by atoms with Crippen molar-refractivity contribution in [3.8, 4) is 17.0 Å². The fraction of sp³-hybridized carbons (Fsp3) is 0.238. The van der Waals surface area contributed by atoms with E-state index in [0.717, 1.165) is 5.56 Å². The van der Waals surface area contributed by atoms with Crippen LogP contribution in [0, 0.1) is 5.82 Å². The van der Waals surface area contributed by atoms with Gasteiger partial charge < -0.3 is 14.2 Å². The van der Waals surface area contributed by atoms with Crippen molar-refractivity contribution in [3.05, 3.63) is 71.2 Å². The third-order valence-electron chi connectivity index (χ3n) is 4.66. The molecule has 2 heterocycles. The van der Waals surface area contributed by atoms with Crippen molar-refractivity contribution in [2.45, 2.75) is 19.9 Å². The first-order valence-corrected chi connectivity index (χ1v) is 8.92. The lowest BCUT2D eigenvalue weighted by Gasteiger charge is -2.27. The second-order valence-electron chi connectivity index (χ2n) is 6.32. The molecule has 0 saturated heterocycles. The van der Waals surface area contributed by atoms with Gasteiger partial charge in [-0.1, -0.05) is 29.4 Å². The minimum absolute atomic E-state index is 0.120. The van der Waals surface area contributed by atoms with Gasteiger partial charge in [-0.3, -0.25) is 4.79 Å². The highest BCUT2D eigenvalue weighted by atomic mass is 19.1. The number of fused-ring (bicyclic) bond motifs is 1. The van der Waals surface area contributed by atoms with Gasteiger partial charge in [0.15, 0.2) is 0 Å². The standard InChI is InChI=1S/C21H19FN2O3/c1-2-26-18-10-6-4-8-15(18)21(25)24-12-11-19-16(13-24)20(23-27-19)14-7-3-5-9-17(14)22/h3-10H,2,11-13H2,1H3. The number of amides is 1. The minimum atomic E-state index is -0.362. The van der Waals surface area contributed by atoms with Gasteiger partial charge in [0.2, 0.25) is 0 Å². The predicted octanol–water partition coefficient (Wildman–Crippen LogP) is 4.08. The normalized spacial score (nSPS) is 13.3. The van der Waals surface area contributed by atoms with Gasteiger partial charge in [-0.25, -0.2) is 4.39 Å². The number of carbonyl (C=O) groups is 1. The molecule has 2 aromatic carbocycles. The van der Waals surface area contributed by atoms with Gasteiger partial charge in [0.25, 0.3) is 5.91 Å².